The summed E-state index contributed by atoms with van der Waals surface area (Å²) in [5.74, 6) is -0.443. The fourth-order valence-electron chi connectivity index (χ4n) is 2.99. The minimum Gasteiger partial charge on any atom is -0.371 e. The first kappa shape index (κ1) is 13.5. The number of halogens is 1. The number of morpholine rings is 1. The first-order chi connectivity index (χ1) is 9.69. The number of ether oxygens (including phenoxy) is 1. The van der Waals surface area contributed by atoms with Gasteiger partial charge in [-0.1, -0.05) is 6.07 Å². The molecule has 20 heavy (non-hydrogen) atoms. The van der Waals surface area contributed by atoms with Gasteiger partial charge in [-0.3, -0.25) is 4.90 Å². The maximum Gasteiger partial charge on any atom is 0.224 e. The van der Waals surface area contributed by atoms with Crippen LogP contribution in [-0.4, -0.2) is 43.7 Å². The monoisotopic (exact) mass is 275 g/mol. The van der Waals surface area contributed by atoms with Gasteiger partial charge in [-0.15, -0.1) is 0 Å². The van der Waals surface area contributed by atoms with Gasteiger partial charge in [-0.25, -0.2) is 9.24 Å². The molecule has 0 unspecified atom stereocenters. The molecule has 1 N–H and O–H groups in total. The molecule has 2 aliphatic rings. The van der Waals surface area contributed by atoms with Crippen LogP contribution in [0.25, 0.3) is 4.85 Å². The van der Waals surface area contributed by atoms with E-state index in [9.17, 15) is 4.39 Å². The Morgan fingerprint density at radius 2 is 2.35 bits per heavy atom. The number of hydrogen-bond acceptors (Lipinski definition) is 3. The first-order valence-corrected chi connectivity index (χ1v) is 6.93. The molecule has 2 fully saturated rings. The highest BCUT2D eigenvalue weighted by Gasteiger charge is 2.31. The summed E-state index contributed by atoms with van der Waals surface area (Å²) in [7, 11) is 0. The molecule has 0 radical (unpaired) electrons. The van der Waals surface area contributed by atoms with E-state index in [0.717, 1.165) is 31.7 Å². The second-order valence-corrected chi connectivity index (χ2v) is 5.45. The molecule has 0 spiro atoms. The number of rotatable bonds is 1. The predicted octanol–water partition coefficient (Wildman–Crippen LogP) is 2.03. The third-order valence-electron chi connectivity index (χ3n) is 4.12. The van der Waals surface area contributed by atoms with E-state index in [4.69, 9.17) is 11.3 Å². The van der Waals surface area contributed by atoms with Gasteiger partial charge in [0.2, 0.25) is 5.69 Å². The van der Waals surface area contributed by atoms with E-state index < -0.39 is 5.82 Å². The van der Waals surface area contributed by atoms with E-state index in [1.165, 1.54) is 6.07 Å². The summed E-state index contributed by atoms with van der Waals surface area (Å²) in [5.41, 5.74) is 1.63. The van der Waals surface area contributed by atoms with Gasteiger partial charge in [0, 0.05) is 32.2 Å². The highest BCUT2D eigenvalue weighted by atomic mass is 19.1. The molecule has 0 aromatic heterocycles. The minimum atomic E-state index is -0.443. The molecular formula is C15H18FN3O. The van der Waals surface area contributed by atoms with Crippen molar-refractivity contribution in [3.63, 3.8) is 0 Å². The molecule has 2 heterocycles. The number of benzene rings is 1. The van der Waals surface area contributed by atoms with Crippen LogP contribution in [0, 0.1) is 19.3 Å². The third kappa shape index (κ3) is 2.42. The molecule has 2 aliphatic heterocycles. The topological polar surface area (TPSA) is 28.9 Å². The maximum atomic E-state index is 13.9. The SMILES string of the molecule is [C-]#[N+]c1c(C)cc([C@H]2CN3CCNC[C@@H]3CO2)cc1F. The molecule has 3 rings (SSSR count). The second-order valence-electron chi connectivity index (χ2n) is 5.45. The van der Waals surface area contributed by atoms with Crippen LogP contribution in [0.4, 0.5) is 10.1 Å². The Balaban J connectivity index is 1.82. The van der Waals surface area contributed by atoms with Gasteiger partial charge in [-0.05, 0) is 24.1 Å². The molecule has 0 amide bonds. The summed E-state index contributed by atoms with van der Waals surface area (Å²) in [5, 5.41) is 3.36. The standard InChI is InChI=1S/C15H18FN3O/c1-10-5-11(6-13(16)15(10)17-2)14-8-19-4-3-18-7-12(19)9-20-14/h5-6,12,14,18H,3-4,7-9H2,1H3/t12-,14-/m1/s1. The van der Waals surface area contributed by atoms with Gasteiger partial charge in [0.15, 0.2) is 0 Å². The summed E-state index contributed by atoms with van der Waals surface area (Å²) in [6.07, 6.45) is -0.0997. The van der Waals surface area contributed by atoms with Gasteiger partial charge in [0.1, 0.15) is 5.82 Å². The molecule has 0 aliphatic carbocycles. The highest BCUT2D eigenvalue weighted by Crippen LogP contribution is 2.31. The van der Waals surface area contributed by atoms with Crippen LogP contribution < -0.4 is 5.32 Å². The van der Waals surface area contributed by atoms with E-state index in [2.05, 4.69) is 15.1 Å². The van der Waals surface area contributed by atoms with Crippen LogP contribution in [0.1, 0.15) is 17.2 Å². The van der Waals surface area contributed by atoms with Crippen molar-refractivity contribution >= 4 is 5.69 Å². The number of piperazine rings is 1. The molecule has 1 aromatic carbocycles. The van der Waals surface area contributed by atoms with Crippen molar-refractivity contribution in [1.29, 1.82) is 0 Å². The van der Waals surface area contributed by atoms with Crippen LogP contribution >= 0.6 is 0 Å². The lowest BCUT2D eigenvalue weighted by Gasteiger charge is -2.42. The van der Waals surface area contributed by atoms with Crippen LogP contribution in [-0.2, 0) is 4.74 Å². The van der Waals surface area contributed by atoms with E-state index in [0.29, 0.717) is 18.2 Å². The summed E-state index contributed by atoms with van der Waals surface area (Å²) >= 11 is 0. The fourth-order valence-corrected chi connectivity index (χ4v) is 2.99. The average molecular weight is 275 g/mol. The second kappa shape index (κ2) is 5.49. The van der Waals surface area contributed by atoms with Crippen LogP contribution in [0.15, 0.2) is 12.1 Å². The van der Waals surface area contributed by atoms with Crippen molar-refractivity contribution in [2.75, 3.05) is 32.8 Å². The summed E-state index contributed by atoms with van der Waals surface area (Å²) in [4.78, 5) is 5.64. The number of nitrogens with zero attached hydrogens (tertiary/aromatic N) is 2. The Morgan fingerprint density at radius 1 is 1.50 bits per heavy atom. The zero-order valence-electron chi connectivity index (χ0n) is 11.5. The molecule has 2 atom stereocenters. The van der Waals surface area contributed by atoms with Crippen molar-refractivity contribution in [2.45, 2.75) is 19.1 Å². The Hall–Kier alpha value is -1.48. The first-order valence-electron chi connectivity index (χ1n) is 6.93. The summed E-state index contributed by atoms with van der Waals surface area (Å²) in [6, 6.07) is 3.76. The summed E-state index contributed by atoms with van der Waals surface area (Å²) < 4.78 is 19.8. The van der Waals surface area contributed by atoms with Crippen molar-refractivity contribution in [3.8, 4) is 0 Å². The average Bonchev–Trinajstić information content (AvgIpc) is 2.46. The van der Waals surface area contributed by atoms with Gasteiger partial charge in [-0.2, -0.15) is 0 Å². The molecule has 0 saturated carbocycles. The Bertz CT molecular complexity index is 532. The number of fused-ring (bicyclic) bond motifs is 1. The smallest absolute Gasteiger partial charge is 0.224 e. The fraction of sp³-hybridized carbons (Fsp3) is 0.533. The predicted molar refractivity (Wildman–Crippen MR) is 74.3 cm³/mol. The lowest BCUT2D eigenvalue weighted by Crippen LogP contribution is -2.57. The quantitative estimate of drug-likeness (QED) is 0.795. The van der Waals surface area contributed by atoms with Gasteiger partial charge < -0.3 is 10.1 Å². The molecular weight excluding hydrogens is 257 g/mol. The van der Waals surface area contributed by atoms with E-state index in [1.807, 2.05) is 6.07 Å². The lowest BCUT2D eigenvalue weighted by molar-refractivity contribution is -0.0718. The number of nitrogens with one attached hydrogen (secondary N) is 1. The van der Waals surface area contributed by atoms with E-state index >= 15 is 0 Å². The molecule has 2 saturated heterocycles. The van der Waals surface area contributed by atoms with Crippen LogP contribution in [0.3, 0.4) is 0 Å². The largest absolute Gasteiger partial charge is 0.371 e. The van der Waals surface area contributed by atoms with Gasteiger partial charge in [0.25, 0.3) is 0 Å². The van der Waals surface area contributed by atoms with E-state index in [-0.39, 0.29) is 11.8 Å². The molecule has 5 heteroatoms. The number of hydrogen-bond donors (Lipinski definition) is 1. The molecule has 1 aromatic rings. The Kier molecular flexibility index (Phi) is 3.70. The maximum absolute atomic E-state index is 13.9. The zero-order chi connectivity index (χ0) is 14.1. The van der Waals surface area contributed by atoms with Crippen molar-refractivity contribution in [1.82, 2.24) is 10.2 Å². The Labute approximate surface area is 118 Å². The zero-order valence-corrected chi connectivity index (χ0v) is 11.5. The molecule has 4 nitrogen and oxygen atoms in total. The van der Waals surface area contributed by atoms with Crippen LogP contribution in [0.2, 0.25) is 0 Å². The number of aryl methyl sites for hydroxylation is 1. The van der Waals surface area contributed by atoms with Crippen LogP contribution in [0.5, 0.6) is 0 Å². The lowest BCUT2D eigenvalue weighted by atomic mass is 10.0. The van der Waals surface area contributed by atoms with Crippen molar-refractivity contribution in [3.05, 3.63) is 40.5 Å². The minimum absolute atomic E-state index is 0.0997. The summed E-state index contributed by atoms with van der Waals surface area (Å²) in [6.45, 7) is 13.2. The highest BCUT2D eigenvalue weighted by molar-refractivity contribution is 5.54. The van der Waals surface area contributed by atoms with Gasteiger partial charge in [0.05, 0.1) is 19.3 Å². The normalized spacial score (nSPS) is 26.9. The van der Waals surface area contributed by atoms with Gasteiger partial charge >= 0.3 is 0 Å². The third-order valence-corrected chi connectivity index (χ3v) is 4.12. The molecule has 0 bridgehead atoms. The Morgan fingerprint density at radius 3 is 3.10 bits per heavy atom. The molecule has 106 valence electrons. The van der Waals surface area contributed by atoms with E-state index in [1.54, 1.807) is 6.92 Å². The van der Waals surface area contributed by atoms with Crippen molar-refractivity contribution < 1.29 is 9.13 Å². The van der Waals surface area contributed by atoms with Crippen molar-refractivity contribution in [2.24, 2.45) is 0 Å².